The normalized spacial score (nSPS) is 14.8. The molecule has 1 fully saturated rings. The lowest BCUT2D eigenvalue weighted by Gasteiger charge is -2.18. The Balaban J connectivity index is 2.01. The molecule has 0 bridgehead atoms. The number of ether oxygens (including phenoxy) is 1. The van der Waals surface area contributed by atoms with Gasteiger partial charge in [-0.1, -0.05) is 12.8 Å². The molecule has 0 aliphatic heterocycles. The Hall–Kier alpha value is -3.02. The van der Waals surface area contributed by atoms with Crippen LogP contribution in [0.15, 0.2) is 30.7 Å². The maximum Gasteiger partial charge on any atom is 0.330 e. The van der Waals surface area contributed by atoms with Crippen molar-refractivity contribution in [1.82, 2.24) is 19.7 Å². The van der Waals surface area contributed by atoms with Gasteiger partial charge in [0.25, 0.3) is 0 Å². The van der Waals surface area contributed by atoms with Crippen LogP contribution in [-0.2, 0) is 16.1 Å². The molecule has 1 saturated carbocycles. The first-order chi connectivity index (χ1) is 14.6. The van der Waals surface area contributed by atoms with Crippen LogP contribution in [0.2, 0.25) is 0 Å². The number of carbonyl (C=O) groups excluding carboxylic acids is 1. The van der Waals surface area contributed by atoms with Gasteiger partial charge < -0.3 is 4.74 Å². The predicted octanol–water partition coefficient (Wildman–Crippen LogP) is 5.06. The molecular weight excluding hydrogens is 376 g/mol. The first-order valence-electron chi connectivity index (χ1n) is 10.8. The van der Waals surface area contributed by atoms with Gasteiger partial charge >= 0.3 is 5.97 Å². The second kappa shape index (κ2) is 8.78. The lowest BCUT2D eigenvalue weighted by molar-refractivity contribution is -0.137. The summed E-state index contributed by atoms with van der Waals surface area (Å²) in [5.41, 5.74) is 6.06. The van der Waals surface area contributed by atoms with Crippen LogP contribution in [-0.4, -0.2) is 32.3 Å². The second-order valence-electron chi connectivity index (χ2n) is 7.80. The molecule has 6 heteroatoms. The van der Waals surface area contributed by atoms with E-state index in [1.54, 1.807) is 0 Å². The molecule has 6 nitrogen and oxygen atoms in total. The summed E-state index contributed by atoms with van der Waals surface area (Å²) in [4.78, 5) is 21.6. The Morgan fingerprint density at radius 1 is 1.23 bits per heavy atom. The number of pyridine rings is 2. The monoisotopic (exact) mass is 404 g/mol. The van der Waals surface area contributed by atoms with Gasteiger partial charge in [0, 0.05) is 53.0 Å². The van der Waals surface area contributed by atoms with Crippen LogP contribution in [0, 0.1) is 6.92 Å². The van der Waals surface area contributed by atoms with Crippen LogP contribution in [0.5, 0.6) is 0 Å². The van der Waals surface area contributed by atoms with Gasteiger partial charge in [-0.05, 0) is 51.3 Å². The van der Waals surface area contributed by atoms with Crippen LogP contribution in [0.3, 0.4) is 0 Å². The Labute approximate surface area is 177 Å². The van der Waals surface area contributed by atoms with E-state index < -0.39 is 0 Å². The molecule has 1 aliphatic rings. The van der Waals surface area contributed by atoms with Crippen molar-refractivity contribution >= 4 is 23.1 Å². The highest BCUT2D eigenvalue weighted by Crippen LogP contribution is 2.41. The minimum Gasteiger partial charge on any atom is -0.463 e. The smallest absolute Gasteiger partial charge is 0.330 e. The van der Waals surface area contributed by atoms with Crippen LogP contribution in [0.4, 0.5) is 0 Å². The minimum absolute atomic E-state index is 0.340. The molecule has 30 heavy (non-hydrogen) atoms. The SMILES string of the molecule is CCOC(=O)/C=C/c1c(C2CCCC2)nc2c(cnn2CC)c1-c1cncc(C)c1. The topological polar surface area (TPSA) is 69.9 Å². The zero-order chi connectivity index (χ0) is 21.1. The number of nitrogens with zero attached hydrogens (tertiary/aromatic N) is 4. The Bertz CT molecular complexity index is 1090. The second-order valence-corrected chi connectivity index (χ2v) is 7.80. The first-order valence-corrected chi connectivity index (χ1v) is 10.8. The average Bonchev–Trinajstić information content (AvgIpc) is 3.41. The highest BCUT2D eigenvalue weighted by atomic mass is 16.5. The maximum absolute atomic E-state index is 12.1. The van der Waals surface area contributed by atoms with E-state index in [-0.39, 0.29) is 5.97 Å². The minimum atomic E-state index is -0.340. The number of aromatic nitrogens is 4. The number of hydrogen-bond acceptors (Lipinski definition) is 5. The molecule has 3 heterocycles. The molecule has 4 rings (SSSR count). The van der Waals surface area contributed by atoms with E-state index in [1.165, 1.54) is 18.9 Å². The third-order valence-electron chi connectivity index (χ3n) is 5.73. The van der Waals surface area contributed by atoms with E-state index in [2.05, 4.69) is 23.1 Å². The molecule has 156 valence electrons. The van der Waals surface area contributed by atoms with Crippen molar-refractivity contribution in [2.45, 2.75) is 58.9 Å². The van der Waals surface area contributed by atoms with E-state index in [4.69, 9.17) is 9.72 Å². The van der Waals surface area contributed by atoms with Gasteiger partial charge in [-0.25, -0.2) is 14.5 Å². The Kier molecular flexibility index (Phi) is 5.93. The largest absolute Gasteiger partial charge is 0.463 e. The van der Waals surface area contributed by atoms with Crippen LogP contribution in [0.25, 0.3) is 28.2 Å². The van der Waals surface area contributed by atoms with Gasteiger partial charge in [-0.15, -0.1) is 0 Å². The molecule has 1 aliphatic carbocycles. The molecule has 3 aromatic heterocycles. The first kappa shape index (κ1) is 20.3. The highest BCUT2D eigenvalue weighted by Gasteiger charge is 2.26. The van der Waals surface area contributed by atoms with Gasteiger partial charge in [-0.3, -0.25) is 4.98 Å². The lowest BCUT2D eigenvalue weighted by Crippen LogP contribution is -2.07. The molecule has 0 radical (unpaired) electrons. The van der Waals surface area contributed by atoms with Crippen LogP contribution < -0.4 is 0 Å². The van der Waals surface area contributed by atoms with Gasteiger partial charge in [0.15, 0.2) is 5.65 Å². The lowest BCUT2D eigenvalue weighted by atomic mass is 9.90. The maximum atomic E-state index is 12.1. The van der Waals surface area contributed by atoms with Gasteiger partial charge in [0.2, 0.25) is 0 Å². The zero-order valence-corrected chi connectivity index (χ0v) is 17.9. The predicted molar refractivity (Wildman–Crippen MR) is 118 cm³/mol. The quantitative estimate of drug-likeness (QED) is 0.424. The summed E-state index contributed by atoms with van der Waals surface area (Å²) in [5.74, 6) is 0.0421. The Morgan fingerprint density at radius 3 is 2.73 bits per heavy atom. The fraction of sp³-hybridized carbons (Fsp3) is 0.417. The number of esters is 1. The summed E-state index contributed by atoms with van der Waals surface area (Å²) in [7, 11) is 0. The molecule has 0 unspecified atom stereocenters. The molecule has 0 atom stereocenters. The molecule has 0 spiro atoms. The molecular formula is C24H28N4O2. The highest BCUT2D eigenvalue weighted by molar-refractivity contribution is 5.99. The fourth-order valence-corrected chi connectivity index (χ4v) is 4.38. The van der Waals surface area contributed by atoms with E-state index in [1.807, 2.05) is 43.2 Å². The number of hydrogen-bond donors (Lipinski definition) is 0. The standard InChI is InChI=1S/C24H28N4O2/c1-4-28-24-20(15-26-28)22(18-12-16(3)13-25-14-18)19(10-11-21(29)30-5-2)23(27-24)17-8-6-7-9-17/h10-15,17H,4-9H2,1-3H3/b11-10+. The van der Waals surface area contributed by atoms with Crippen molar-refractivity contribution in [3.63, 3.8) is 0 Å². The van der Waals surface area contributed by atoms with E-state index >= 15 is 0 Å². The molecule has 0 aromatic carbocycles. The summed E-state index contributed by atoms with van der Waals surface area (Å²) in [5, 5.41) is 5.55. The Morgan fingerprint density at radius 2 is 2.03 bits per heavy atom. The van der Waals surface area contributed by atoms with Crippen LogP contribution >= 0.6 is 0 Å². The fourth-order valence-electron chi connectivity index (χ4n) is 4.38. The van der Waals surface area contributed by atoms with Crippen molar-refractivity contribution in [3.05, 3.63) is 47.6 Å². The number of fused-ring (bicyclic) bond motifs is 1. The summed E-state index contributed by atoms with van der Waals surface area (Å²) < 4.78 is 7.07. The number of carbonyl (C=O) groups is 1. The van der Waals surface area contributed by atoms with E-state index in [0.29, 0.717) is 12.5 Å². The van der Waals surface area contributed by atoms with E-state index in [0.717, 1.165) is 58.4 Å². The zero-order valence-electron chi connectivity index (χ0n) is 17.9. The van der Waals surface area contributed by atoms with Crippen molar-refractivity contribution < 1.29 is 9.53 Å². The average molecular weight is 405 g/mol. The van der Waals surface area contributed by atoms with Crippen molar-refractivity contribution in [3.8, 4) is 11.1 Å². The summed E-state index contributed by atoms with van der Waals surface area (Å²) >= 11 is 0. The summed E-state index contributed by atoms with van der Waals surface area (Å²) in [6.07, 6.45) is 13.6. The van der Waals surface area contributed by atoms with E-state index in [9.17, 15) is 4.79 Å². The third-order valence-corrected chi connectivity index (χ3v) is 5.73. The molecule has 0 N–H and O–H groups in total. The molecule has 0 amide bonds. The number of aryl methyl sites for hydroxylation is 2. The molecule has 3 aromatic rings. The van der Waals surface area contributed by atoms with Gasteiger partial charge in [-0.2, -0.15) is 5.10 Å². The summed E-state index contributed by atoms with van der Waals surface area (Å²) in [6.45, 7) is 7.03. The van der Waals surface area contributed by atoms with Crippen LogP contribution in [0.1, 0.15) is 62.3 Å². The van der Waals surface area contributed by atoms with Crippen molar-refractivity contribution in [1.29, 1.82) is 0 Å². The van der Waals surface area contributed by atoms with Crippen molar-refractivity contribution in [2.75, 3.05) is 6.61 Å². The number of rotatable bonds is 6. The van der Waals surface area contributed by atoms with Gasteiger partial charge in [0.1, 0.15) is 0 Å². The van der Waals surface area contributed by atoms with Gasteiger partial charge in [0.05, 0.1) is 18.5 Å². The van der Waals surface area contributed by atoms with Crippen molar-refractivity contribution in [2.24, 2.45) is 0 Å². The molecule has 0 saturated heterocycles. The summed E-state index contributed by atoms with van der Waals surface area (Å²) in [6, 6.07) is 2.13. The third kappa shape index (κ3) is 3.86.